The standard InChI is InChI=1S/C23H23ClN2O3S/c1-17-8-14-20(15-9-17)30(28,29)26-22-7-3-2-6-21(22)23(27)25-16-4-5-18-10-12-19(24)13-11-18/h2-3,6-15,26H,4-5,16H2,1H3,(H,25,27). The number of hydrogen-bond acceptors (Lipinski definition) is 3. The Morgan fingerprint density at radius 1 is 0.933 bits per heavy atom. The lowest BCUT2D eigenvalue weighted by atomic mass is 10.1. The minimum Gasteiger partial charge on any atom is -0.352 e. The number of para-hydroxylation sites is 1. The highest BCUT2D eigenvalue weighted by molar-refractivity contribution is 7.92. The van der Waals surface area contributed by atoms with Gasteiger partial charge in [0.05, 0.1) is 16.1 Å². The summed E-state index contributed by atoms with van der Waals surface area (Å²) in [7, 11) is -3.79. The Labute approximate surface area is 182 Å². The van der Waals surface area contributed by atoms with Gasteiger partial charge in [0.1, 0.15) is 0 Å². The summed E-state index contributed by atoms with van der Waals surface area (Å²) in [6.07, 6.45) is 1.56. The van der Waals surface area contributed by atoms with E-state index in [-0.39, 0.29) is 22.1 Å². The highest BCUT2D eigenvalue weighted by atomic mass is 35.5. The van der Waals surface area contributed by atoms with E-state index in [9.17, 15) is 13.2 Å². The van der Waals surface area contributed by atoms with Crippen LogP contribution in [-0.2, 0) is 16.4 Å². The monoisotopic (exact) mass is 442 g/mol. The molecule has 0 aliphatic rings. The second-order valence-corrected chi connectivity index (χ2v) is 9.07. The van der Waals surface area contributed by atoms with Gasteiger partial charge < -0.3 is 5.32 Å². The van der Waals surface area contributed by atoms with Gasteiger partial charge in [-0.3, -0.25) is 9.52 Å². The second-order valence-electron chi connectivity index (χ2n) is 6.95. The van der Waals surface area contributed by atoms with Crippen LogP contribution in [0.3, 0.4) is 0 Å². The number of nitrogens with one attached hydrogen (secondary N) is 2. The van der Waals surface area contributed by atoms with Gasteiger partial charge in [-0.2, -0.15) is 0 Å². The Balaban J connectivity index is 1.63. The molecule has 0 saturated heterocycles. The van der Waals surface area contributed by atoms with Crippen LogP contribution in [0.15, 0.2) is 77.7 Å². The molecule has 0 spiro atoms. The van der Waals surface area contributed by atoms with Crippen LogP contribution in [0.1, 0.15) is 27.9 Å². The molecule has 0 saturated carbocycles. The van der Waals surface area contributed by atoms with Gasteiger partial charge in [0.25, 0.3) is 15.9 Å². The van der Waals surface area contributed by atoms with Crippen LogP contribution in [0, 0.1) is 6.92 Å². The molecule has 0 fully saturated rings. The SMILES string of the molecule is Cc1ccc(S(=O)(=O)Nc2ccccc2C(=O)NCCCc2ccc(Cl)cc2)cc1. The molecule has 7 heteroatoms. The maximum Gasteiger partial charge on any atom is 0.261 e. The van der Waals surface area contributed by atoms with Crippen LogP contribution in [0.5, 0.6) is 0 Å². The zero-order valence-corrected chi connectivity index (χ0v) is 18.1. The Kier molecular flexibility index (Phi) is 7.13. The minimum absolute atomic E-state index is 0.145. The number of aryl methyl sites for hydroxylation is 2. The smallest absolute Gasteiger partial charge is 0.261 e. The van der Waals surface area contributed by atoms with E-state index in [1.54, 1.807) is 36.4 Å². The molecule has 0 unspecified atom stereocenters. The molecule has 2 N–H and O–H groups in total. The Morgan fingerprint density at radius 3 is 2.30 bits per heavy atom. The van der Waals surface area contributed by atoms with Crippen LogP contribution in [0.4, 0.5) is 5.69 Å². The Hall–Kier alpha value is -2.83. The summed E-state index contributed by atoms with van der Waals surface area (Å²) in [6, 6.07) is 20.7. The number of halogens is 1. The van der Waals surface area contributed by atoms with E-state index in [0.29, 0.717) is 11.6 Å². The number of carbonyl (C=O) groups is 1. The molecule has 156 valence electrons. The first-order valence-electron chi connectivity index (χ1n) is 9.56. The maximum absolute atomic E-state index is 12.7. The maximum atomic E-state index is 12.7. The highest BCUT2D eigenvalue weighted by Crippen LogP contribution is 2.20. The summed E-state index contributed by atoms with van der Waals surface area (Å²) in [4.78, 5) is 12.8. The Morgan fingerprint density at radius 2 is 1.60 bits per heavy atom. The number of carbonyl (C=O) groups excluding carboxylic acids is 1. The fourth-order valence-electron chi connectivity index (χ4n) is 2.93. The normalized spacial score (nSPS) is 11.1. The van der Waals surface area contributed by atoms with Gasteiger partial charge in [-0.1, -0.05) is 53.6 Å². The number of anilines is 1. The zero-order chi connectivity index (χ0) is 21.6. The molecule has 0 bridgehead atoms. The molecular formula is C23H23ClN2O3S. The molecule has 3 rings (SSSR count). The quantitative estimate of drug-likeness (QED) is 0.491. The average molecular weight is 443 g/mol. The first-order valence-corrected chi connectivity index (χ1v) is 11.4. The average Bonchev–Trinajstić information content (AvgIpc) is 2.73. The molecule has 0 radical (unpaired) electrons. The molecule has 5 nitrogen and oxygen atoms in total. The van der Waals surface area contributed by atoms with Crippen LogP contribution < -0.4 is 10.0 Å². The van der Waals surface area contributed by atoms with E-state index in [4.69, 9.17) is 11.6 Å². The molecule has 1 amide bonds. The van der Waals surface area contributed by atoms with Crippen LogP contribution in [0.25, 0.3) is 0 Å². The molecule has 0 heterocycles. The fourth-order valence-corrected chi connectivity index (χ4v) is 4.14. The molecule has 0 atom stereocenters. The summed E-state index contributed by atoms with van der Waals surface area (Å²) < 4.78 is 27.9. The number of rotatable bonds is 8. The van der Waals surface area contributed by atoms with Crippen LogP contribution in [0.2, 0.25) is 5.02 Å². The zero-order valence-electron chi connectivity index (χ0n) is 16.6. The van der Waals surface area contributed by atoms with E-state index >= 15 is 0 Å². The molecule has 30 heavy (non-hydrogen) atoms. The van der Waals surface area contributed by atoms with Gasteiger partial charge in [0.15, 0.2) is 0 Å². The van der Waals surface area contributed by atoms with Crippen molar-refractivity contribution in [3.63, 3.8) is 0 Å². The summed E-state index contributed by atoms with van der Waals surface area (Å²) >= 11 is 5.88. The lowest BCUT2D eigenvalue weighted by Gasteiger charge is -2.13. The van der Waals surface area contributed by atoms with Crippen LogP contribution >= 0.6 is 11.6 Å². The second kappa shape index (κ2) is 9.78. The third-order valence-electron chi connectivity index (χ3n) is 4.59. The van der Waals surface area contributed by atoms with Crippen molar-refractivity contribution in [3.8, 4) is 0 Å². The van der Waals surface area contributed by atoms with E-state index in [1.807, 2.05) is 31.2 Å². The van der Waals surface area contributed by atoms with Gasteiger partial charge in [0.2, 0.25) is 0 Å². The third-order valence-corrected chi connectivity index (χ3v) is 6.22. The van der Waals surface area contributed by atoms with Crippen LogP contribution in [-0.4, -0.2) is 20.9 Å². The molecule has 0 aliphatic carbocycles. The summed E-state index contributed by atoms with van der Waals surface area (Å²) in [6.45, 7) is 2.36. The molecular weight excluding hydrogens is 420 g/mol. The van der Waals surface area contributed by atoms with Gasteiger partial charge in [-0.25, -0.2) is 8.42 Å². The molecule has 0 aliphatic heterocycles. The number of sulfonamides is 1. The van der Waals surface area contributed by atoms with Gasteiger partial charge in [-0.05, 0) is 61.7 Å². The van der Waals surface area contributed by atoms with E-state index in [1.165, 1.54) is 12.1 Å². The summed E-state index contributed by atoms with van der Waals surface area (Å²) in [5.74, 6) is -0.326. The van der Waals surface area contributed by atoms with Crippen molar-refractivity contribution in [2.75, 3.05) is 11.3 Å². The van der Waals surface area contributed by atoms with Crippen molar-refractivity contribution < 1.29 is 13.2 Å². The number of amides is 1. The van der Waals surface area contributed by atoms with Crippen molar-refractivity contribution in [2.24, 2.45) is 0 Å². The lowest BCUT2D eigenvalue weighted by molar-refractivity contribution is 0.0954. The van der Waals surface area contributed by atoms with E-state index < -0.39 is 10.0 Å². The van der Waals surface area contributed by atoms with Gasteiger partial charge in [-0.15, -0.1) is 0 Å². The van der Waals surface area contributed by atoms with E-state index in [0.717, 1.165) is 24.0 Å². The third kappa shape index (κ3) is 5.84. The number of benzene rings is 3. The number of hydrogen-bond donors (Lipinski definition) is 2. The predicted octanol–water partition coefficient (Wildman–Crippen LogP) is 4.81. The largest absolute Gasteiger partial charge is 0.352 e. The lowest BCUT2D eigenvalue weighted by Crippen LogP contribution is -2.26. The first kappa shape index (κ1) is 21.9. The van der Waals surface area contributed by atoms with Crippen molar-refractivity contribution in [1.82, 2.24) is 5.32 Å². The molecule has 3 aromatic carbocycles. The highest BCUT2D eigenvalue weighted by Gasteiger charge is 2.18. The van der Waals surface area contributed by atoms with Crippen molar-refractivity contribution >= 4 is 33.2 Å². The van der Waals surface area contributed by atoms with E-state index in [2.05, 4.69) is 10.0 Å². The van der Waals surface area contributed by atoms with Gasteiger partial charge in [0, 0.05) is 11.6 Å². The first-order chi connectivity index (χ1) is 14.3. The van der Waals surface area contributed by atoms with Gasteiger partial charge >= 0.3 is 0 Å². The topological polar surface area (TPSA) is 75.3 Å². The Bertz CT molecular complexity index is 1110. The van der Waals surface area contributed by atoms with Crippen molar-refractivity contribution in [3.05, 3.63) is 94.5 Å². The predicted molar refractivity (Wildman–Crippen MR) is 121 cm³/mol. The molecule has 0 aromatic heterocycles. The fraction of sp³-hybridized carbons (Fsp3) is 0.174. The summed E-state index contributed by atoms with van der Waals surface area (Å²) in [5.41, 5.74) is 2.63. The summed E-state index contributed by atoms with van der Waals surface area (Å²) in [5, 5.41) is 3.55. The van der Waals surface area contributed by atoms with Crippen molar-refractivity contribution in [1.29, 1.82) is 0 Å². The molecule has 3 aromatic rings. The minimum atomic E-state index is -3.79. The van der Waals surface area contributed by atoms with Crippen molar-refractivity contribution in [2.45, 2.75) is 24.7 Å².